The van der Waals surface area contributed by atoms with Gasteiger partial charge >= 0.3 is 12.0 Å². The molecule has 0 bridgehead atoms. The standard InChI is InChI=1S/C13H19N3O3/c1-8-9(6-5-7-14-8)15-12(19)16-10(11(17)18)13(2,3)4/h5-7,10H,1-4H3,(H,17,18)(H2,15,16,19)/t10-/m0/s1. The van der Waals surface area contributed by atoms with E-state index < -0.39 is 23.5 Å². The Bertz CT molecular complexity index is 480. The monoisotopic (exact) mass is 265 g/mol. The zero-order valence-corrected chi connectivity index (χ0v) is 11.5. The fraction of sp³-hybridized carbons (Fsp3) is 0.462. The van der Waals surface area contributed by atoms with Gasteiger partial charge in [-0.15, -0.1) is 0 Å². The average Bonchev–Trinajstić information content (AvgIpc) is 2.27. The Kier molecular flexibility index (Phi) is 4.47. The first-order chi connectivity index (χ1) is 8.71. The van der Waals surface area contributed by atoms with Gasteiger partial charge in [0, 0.05) is 6.20 Å². The molecule has 0 radical (unpaired) electrons. The van der Waals surface area contributed by atoms with Crippen molar-refractivity contribution in [2.45, 2.75) is 33.7 Å². The van der Waals surface area contributed by atoms with Crippen LogP contribution >= 0.6 is 0 Å². The second-order valence-corrected chi connectivity index (χ2v) is 5.37. The van der Waals surface area contributed by atoms with Crippen molar-refractivity contribution in [1.29, 1.82) is 0 Å². The minimum atomic E-state index is -1.06. The molecule has 1 heterocycles. The molecule has 6 nitrogen and oxygen atoms in total. The fourth-order valence-corrected chi connectivity index (χ4v) is 1.55. The van der Waals surface area contributed by atoms with Crippen molar-refractivity contribution < 1.29 is 14.7 Å². The number of anilines is 1. The number of urea groups is 1. The van der Waals surface area contributed by atoms with Gasteiger partial charge in [-0.25, -0.2) is 9.59 Å². The highest BCUT2D eigenvalue weighted by Gasteiger charge is 2.32. The molecule has 0 spiro atoms. The van der Waals surface area contributed by atoms with E-state index in [1.807, 2.05) is 0 Å². The van der Waals surface area contributed by atoms with Crippen molar-refractivity contribution in [3.63, 3.8) is 0 Å². The smallest absolute Gasteiger partial charge is 0.326 e. The molecule has 2 amide bonds. The van der Waals surface area contributed by atoms with E-state index in [-0.39, 0.29) is 0 Å². The maximum absolute atomic E-state index is 11.8. The zero-order chi connectivity index (χ0) is 14.6. The number of carboxylic acids is 1. The SMILES string of the molecule is Cc1ncccc1NC(=O)N[C@@H](C(=O)O)C(C)(C)C. The third-order valence-corrected chi connectivity index (χ3v) is 2.64. The van der Waals surface area contributed by atoms with E-state index in [1.165, 1.54) is 0 Å². The number of amides is 2. The molecule has 0 aliphatic rings. The Morgan fingerprint density at radius 3 is 2.47 bits per heavy atom. The molecular weight excluding hydrogens is 246 g/mol. The van der Waals surface area contributed by atoms with Crippen LogP contribution in [0.2, 0.25) is 0 Å². The van der Waals surface area contributed by atoms with Crippen LogP contribution in [0, 0.1) is 12.3 Å². The summed E-state index contributed by atoms with van der Waals surface area (Å²) in [7, 11) is 0. The van der Waals surface area contributed by atoms with Crippen LogP contribution in [0.3, 0.4) is 0 Å². The van der Waals surface area contributed by atoms with Crippen LogP contribution in [-0.4, -0.2) is 28.1 Å². The predicted molar refractivity (Wildman–Crippen MR) is 72.0 cm³/mol. The molecule has 0 unspecified atom stereocenters. The van der Waals surface area contributed by atoms with Crippen molar-refractivity contribution >= 4 is 17.7 Å². The van der Waals surface area contributed by atoms with Crippen molar-refractivity contribution in [3.05, 3.63) is 24.0 Å². The summed E-state index contributed by atoms with van der Waals surface area (Å²) in [5, 5.41) is 14.2. The van der Waals surface area contributed by atoms with Gasteiger partial charge < -0.3 is 15.7 Å². The zero-order valence-electron chi connectivity index (χ0n) is 11.5. The molecule has 0 aliphatic carbocycles. The van der Waals surface area contributed by atoms with E-state index in [2.05, 4.69) is 15.6 Å². The van der Waals surface area contributed by atoms with Crippen LogP contribution in [0.25, 0.3) is 0 Å². The van der Waals surface area contributed by atoms with E-state index in [0.717, 1.165) is 0 Å². The van der Waals surface area contributed by atoms with Crippen molar-refractivity contribution in [2.24, 2.45) is 5.41 Å². The van der Waals surface area contributed by atoms with Gasteiger partial charge in [-0.3, -0.25) is 4.98 Å². The van der Waals surface area contributed by atoms with Crippen LogP contribution in [-0.2, 0) is 4.79 Å². The predicted octanol–water partition coefficient (Wildman–Crippen LogP) is 2.01. The molecule has 0 fully saturated rings. The number of hydrogen-bond acceptors (Lipinski definition) is 3. The number of aliphatic carboxylic acids is 1. The largest absolute Gasteiger partial charge is 0.480 e. The Hall–Kier alpha value is -2.11. The molecule has 0 aromatic carbocycles. The molecule has 104 valence electrons. The van der Waals surface area contributed by atoms with Crippen LogP contribution < -0.4 is 10.6 Å². The summed E-state index contributed by atoms with van der Waals surface area (Å²) < 4.78 is 0. The third kappa shape index (κ3) is 4.24. The van der Waals surface area contributed by atoms with E-state index >= 15 is 0 Å². The lowest BCUT2D eigenvalue weighted by molar-refractivity contribution is -0.141. The first-order valence-corrected chi connectivity index (χ1v) is 5.94. The maximum atomic E-state index is 11.8. The first-order valence-electron chi connectivity index (χ1n) is 5.94. The molecule has 1 atom stereocenters. The summed E-state index contributed by atoms with van der Waals surface area (Å²) in [4.78, 5) is 27.0. The normalized spacial score (nSPS) is 12.6. The molecule has 19 heavy (non-hydrogen) atoms. The number of carbonyl (C=O) groups is 2. The highest BCUT2D eigenvalue weighted by Crippen LogP contribution is 2.19. The lowest BCUT2D eigenvalue weighted by atomic mass is 9.87. The number of rotatable bonds is 3. The number of carboxylic acid groups (broad SMARTS) is 1. The molecule has 6 heteroatoms. The molecule has 0 saturated heterocycles. The number of aromatic nitrogens is 1. The van der Waals surface area contributed by atoms with Gasteiger partial charge in [0.05, 0.1) is 11.4 Å². The number of nitrogens with one attached hydrogen (secondary N) is 2. The van der Waals surface area contributed by atoms with Crippen LogP contribution in [0.1, 0.15) is 26.5 Å². The summed E-state index contributed by atoms with van der Waals surface area (Å²) in [5.74, 6) is -1.06. The third-order valence-electron chi connectivity index (χ3n) is 2.64. The minimum Gasteiger partial charge on any atom is -0.480 e. The molecule has 1 aromatic rings. The summed E-state index contributed by atoms with van der Waals surface area (Å²) in [6.45, 7) is 7.01. The summed E-state index contributed by atoms with van der Waals surface area (Å²) >= 11 is 0. The van der Waals surface area contributed by atoms with Crippen LogP contribution in [0.4, 0.5) is 10.5 Å². The number of nitrogens with zero attached hydrogens (tertiary/aromatic N) is 1. The second-order valence-electron chi connectivity index (χ2n) is 5.37. The van der Waals surface area contributed by atoms with Crippen molar-refractivity contribution in [1.82, 2.24) is 10.3 Å². The minimum absolute atomic E-state index is 0.554. The van der Waals surface area contributed by atoms with Gasteiger partial charge in [-0.05, 0) is 24.5 Å². The second kappa shape index (κ2) is 5.69. The summed E-state index contributed by atoms with van der Waals surface area (Å²) in [5.41, 5.74) is 0.644. The molecule has 0 saturated carbocycles. The van der Waals surface area contributed by atoms with Gasteiger partial charge in [0.15, 0.2) is 0 Å². The maximum Gasteiger partial charge on any atom is 0.326 e. The Morgan fingerprint density at radius 1 is 1.37 bits per heavy atom. The number of pyridine rings is 1. The average molecular weight is 265 g/mol. The van der Waals surface area contributed by atoms with Crippen molar-refractivity contribution in [3.8, 4) is 0 Å². The topological polar surface area (TPSA) is 91.3 Å². The van der Waals surface area contributed by atoms with Gasteiger partial charge in [0.25, 0.3) is 0 Å². The van der Waals surface area contributed by atoms with Gasteiger partial charge in [-0.2, -0.15) is 0 Å². The molecule has 1 aromatic heterocycles. The van der Waals surface area contributed by atoms with E-state index in [1.54, 1.807) is 46.0 Å². The quantitative estimate of drug-likeness (QED) is 0.779. The van der Waals surface area contributed by atoms with E-state index in [0.29, 0.717) is 11.4 Å². The number of aryl methyl sites for hydroxylation is 1. The summed E-state index contributed by atoms with van der Waals surface area (Å²) in [6.07, 6.45) is 1.62. The number of carbonyl (C=O) groups excluding carboxylic acids is 1. The summed E-state index contributed by atoms with van der Waals surface area (Å²) in [6, 6.07) is 1.87. The van der Waals surface area contributed by atoms with Gasteiger partial charge in [0.1, 0.15) is 6.04 Å². The lowest BCUT2D eigenvalue weighted by Crippen LogP contribution is -2.50. The highest BCUT2D eigenvalue weighted by atomic mass is 16.4. The molecule has 1 rings (SSSR count). The fourth-order valence-electron chi connectivity index (χ4n) is 1.55. The first kappa shape index (κ1) is 14.9. The Morgan fingerprint density at radius 2 is 2.00 bits per heavy atom. The Balaban J connectivity index is 2.75. The highest BCUT2D eigenvalue weighted by molar-refractivity contribution is 5.92. The van der Waals surface area contributed by atoms with Gasteiger partial charge in [-0.1, -0.05) is 20.8 Å². The number of hydrogen-bond donors (Lipinski definition) is 3. The Labute approximate surface area is 112 Å². The van der Waals surface area contributed by atoms with E-state index in [9.17, 15) is 9.59 Å². The molecule has 3 N–H and O–H groups in total. The van der Waals surface area contributed by atoms with Crippen molar-refractivity contribution in [2.75, 3.05) is 5.32 Å². The van der Waals surface area contributed by atoms with Gasteiger partial charge in [0.2, 0.25) is 0 Å². The lowest BCUT2D eigenvalue weighted by Gasteiger charge is -2.27. The van der Waals surface area contributed by atoms with Crippen LogP contribution in [0.5, 0.6) is 0 Å². The van der Waals surface area contributed by atoms with E-state index in [4.69, 9.17) is 5.11 Å². The van der Waals surface area contributed by atoms with Crippen LogP contribution in [0.15, 0.2) is 18.3 Å². The molecular formula is C13H19N3O3. The molecule has 0 aliphatic heterocycles.